The standard InChI is InChI=1S/C14H24ClN5/c1-10(2)8-20-6-4-5-11(20)7-17-14-12(16-3)13(15)18-9-19-14/h9-11,16H,4-8H2,1-3H3,(H,17,18,19)/t11-/m0/s1. The van der Waals surface area contributed by atoms with E-state index in [1.165, 1.54) is 25.7 Å². The highest BCUT2D eigenvalue weighted by Gasteiger charge is 2.25. The third-order valence-electron chi connectivity index (χ3n) is 3.65. The molecule has 0 amide bonds. The van der Waals surface area contributed by atoms with Gasteiger partial charge < -0.3 is 10.6 Å². The number of anilines is 2. The van der Waals surface area contributed by atoms with Gasteiger partial charge in [0.1, 0.15) is 12.0 Å². The maximum absolute atomic E-state index is 6.06. The lowest BCUT2D eigenvalue weighted by molar-refractivity contribution is 0.234. The van der Waals surface area contributed by atoms with Crippen LogP contribution in [0.1, 0.15) is 26.7 Å². The summed E-state index contributed by atoms with van der Waals surface area (Å²) in [6.07, 6.45) is 4.02. The van der Waals surface area contributed by atoms with E-state index in [0.717, 1.165) is 24.6 Å². The maximum Gasteiger partial charge on any atom is 0.157 e. The number of hydrogen-bond acceptors (Lipinski definition) is 5. The second kappa shape index (κ2) is 7.09. The summed E-state index contributed by atoms with van der Waals surface area (Å²) >= 11 is 6.06. The van der Waals surface area contributed by atoms with Crippen molar-refractivity contribution in [3.63, 3.8) is 0 Å². The van der Waals surface area contributed by atoms with E-state index in [2.05, 4.69) is 39.3 Å². The summed E-state index contributed by atoms with van der Waals surface area (Å²) in [7, 11) is 1.83. The SMILES string of the molecule is CNc1c(Cl)ncnc1NC[C@@H]1CCCN1CC(C)C. The molecule has 0 unspecified atom stereocenters. The Hall–Kier alpha value is -1.07. The van der Waals surface area contributed by atoms with E-state index in [-0.39, 0.29) is 0 Å². The normalized spacial score (nSPS) is 19.6. The molecule has 0 bridgehead atoms. The van der Waals surface area contributed by atoms with Gasteiger partial charge in [0.15, 0.2) is 11.0 Å². The van der Waals surface area contributed by atoms with Crippen LogP contribution in [0.5, 0.6) is 0 Å². The molecule has 2 heterocycles. The third-order valence-corrected chi connectivity index (χ3v) is 3.94. The van der Waals surface area contributed by atoms with Crippen molar-refractivity contribution >= 4 is 23.1 Å². The summed E-state index contributed by atoms with van der Waals surface area (Å²) in [5.41, 5.74) is 0.766. The molecular weight excluding hydrogens is 274 g/mol. The van der Waals surface area contributed by atoms with E-state index >= 15 is 0 Å². The van der Waals surface area contributed by atoms with E-state index in [0.29, 0.717) is 17.1 Å². The Morgan fingerprint density at radius 3 is 2.95 bits per heavy atom. The molecule has 0 aromatic carbocycles. The van der Waals surface area contributed by atoms with E-state index in [1.54, 1.807) is 0 Å². The molecule has 1 aliphatic rings. The van der Waals surface area contributed by atoms with Crippen molar-refractivity contribution in [2.45, 2.75) is 32.7 Å². The van der Waals surface area contributed by atoms with Crippen LogP contribution >= 0.6 is 11.6 Å². The van der Waals surface area contributed by atoms with E-state index in [1.807, 2.05) is 7.05 Å². The molecule has 1 saturated heterocycles. The minimum Gasteiger partial charge on any atom is -0.383 e. The number of rotatable bonds is 6. The number of hydrogen-bond donors (Lipinski definition) is 2. The van der Waals surface area contributed by atoms with Crippen molar-refractivity contribution in [2.24, 2.45) is 5.92 Å². The zero-order chi connectivity index (χ0) is 14.5. The zero-order valence-electron chi connectivity index (χ0n) is 12.5. The highest BCUT2D eigenvalue weighted by atomic mass is 35.5. The van der Waals surface area contributed by atoms with Gasteiger partial charge in [-0.3, -0.25) is 4.90 Å². The van der Waals surface area contributed by atoms with Gasteiger partial charge in [0.25, 0.3) is 0 Å². The van der Waals surface area contributed by atoms with E-state index in [9.17, 15) is 0 Å². The molecular formula is C14H24ClN5. The zero-order valence-corrected chi connectivity index (χ0v) is 13.2. The molecule has 1 aromatic heterocycles. The lowest BCUT2D eigenvalue weighted by Gasteiger charge is -2.26. The number of halogens is 1. The Bertz CT molecular complexity index is 438. The summed E-state index contributed by atoms with van der Waals surface area (Å²) in [5, 5.41) is 6.91. The fraction of sp³-hybridized carbons (Fsp3) is 0.714. The predicted molar refractivity (Wildman–Crippen MR) is 84.5 cm³/mol. The van der Waals surface area contributed by atoms with E-state index in [4.69, 9.17) is 11.6 Å². The van der Waals surface area contributed by atoms with Crippen molar-refractivity contribution in [1.82, 2.24) is 14.9 Å². The Balaban J connectivity index is 1.96. The van der Waals surface area contributed by atoms with E-state index < -0.39 is 0 Å². The largest absolute Gasteiger partial charge is 0.383 e. The molecule has 1 aromatic rings. The monoisotopic (exact) mass is 297 g/mol. The van der Waals surface area contributed by atoms with Gasteiger partial charge in [-0.25, -0.2) is 9.97 Å². The molecule has 112 valence electrons. The van der Waals surface area contributed by atoms with Crippen LogP contribution in [0, 0.1) is 5.92 Å². The van der Waals surface area contributed by atoms with Crippen LogP contribution in [-0.4, -0.2) is 47.6 Å². The molecule has 2 N–H and O–H groups in total. The summed E-state index contributed by atoms with van der Waals surface area (Å²) in [6.45, 7) is 7.80. The molecule has 0 aliphatic carbocycles. The van der Waals surface area contributed by atoms with Crippen molar-refractivity contribution in [2.75, 3.05) is 37.3 Å². The van der Waals surface area contributed by atoms with Crippen molar-refractivity contribution in [1.29, 1.82) is 0 Å². The fourth-order valence-electron chi connectivity index (χ4n) is 2.77. The van der Waals surface area contributed by atoms with Crippen LogP contribution in [0.3, 0.4) is 0 Å². The Kier molecular flexibility index (Phi) is 5.43. The first-order valence-corrected chi connectivity index (χ1v) is 7.65. The van der Waals surface area contributed by atoms with Gasteiger partial charge in [-0.05, 0) is 25.3 Å². The first-order chi connectivity index (χ1) is 9.61. The van der Waals surface area contributed by atoms with Gasteiger partial charge in [-0.1, -0.05) is 25.4 Å². The average Bonchev–Trinajstić information content (AvgIpc) is 2.83. The quantitative estimate of drug-likeness (QED) is 0.791. The van der Waals surface area contributed by atoms with Crippen LogP contribution in [0.25, 0.3) is 0 Å². The fourth-order valence-corrected chi connectivity index (χ4v) is 3.00. The second-order valence-corrected chi connectivity index (χ2v) is 6.06. The number of likely N-dealkylation sites (tertiary alicyclic amines) is 1. The molecule has 1 atom stereocenters. The average molecular weight is 298 g/mol. The summed E-state index contributed by atoms with van der Waals surface area (Å²) in [6, 6.07) is 0.579. The van der Waals surface area contributed by atoms with Gasteiger partial charge in [0, 0.05) is 26.2 Å². The lowest BCUT2D eigenvalue weighted by Crippen LogP contribution is -2.37. The molecule has 2 rings (SSSR count). The number of nitrogens with zero attached hydrogens (tertiary/aromatic N) is 3. The highest BCUT2D eigenvalue weighted by Crippen LogP contribution is 2.26. The molecule has 0 saturated carbocycles. The first kappa shape index (κ1) is 15.3. The lowest BCUT2D eigenvalue weighted by atomic mass is 10.1. The third kappa shape index (κ3) is 3.73. The van der Waals surface area contributed by atoms with Gasteiger partial charge in [0.05, 0.1) is 0 Å². The van der Waals surface area contributed by atoms with Gasteiger partial charge >= 0.3 is 0 Å². The highest BCUT2D eigenvalue weighted by molar-refractivity contribution is 6.32. The smallest absolute Gasteiger partial charge is 0.157 e. The molecule has 1 fully saturated rings. The van der Waals surface area contributed by atoms with Crippen LogP contribution < -0.4 is 10.6 Å². The Morgan fingerprint density at radius 2 is 2.25 bits per heavy atom. The van der Waals surface area contributed by atoms with Gasteiger partial charge in [-0.2, -0.15) is 0 Å². The van der Waals surface area contributed by atoms with Crippen molar-refractivity contribution < 1.29 is 0 Å². The molecule has 0 radical (unpaired) electrons. The van der Waals surface area contributed by atoms with Gasteiger partial charge in [-0.15, -0.1) is 0 Å². The molecule has 6 heteroatoms. The minimum absolute atomic E-state index is 0.454. The molecule has 20 heavy (non-hydrogen) atoms. The number of aromatic nitrogens is 2. The maximum atomic E-state index is 6.06. The van der Waals surface area contributed by atoms with Crippen LogP contribution in [0.2, 0.25) is 5.15 Å². The predicted octanol–water partition coefficient (Wildman–Crippen LogP) is 2.70. The second-order valence-electron chi connectivity index (χ2n) is 5.70. The van der Waals surface area contributed by atoms with Gasteiger partial charge in [0.2, 0.25) is 0 Å². The first-order valence-electron chi connectivity index (χ1n) is 7.28. The Morgan fingerprint density at radius 1 is 1.45 bits per heavy atom. The van der Waals surface area contributed by atoms with Crippen LogP contribution in [0.15, 0.2) is 6.33 Å². The Labute approximate surface area is 126 Å². The van der Waals surface area contributed by atoms with Crippen molar-refractivity contribution in [3.8, 4) is 0 Å². The summed E-state index contributed by atoms with van der Waals surface area (Å²) in [4.78, 5) is 10.8. The minimum atomic E-state index is 0.454. The summed E-state index contributed by atoms with van der Waals surface area (Å²) < 4.78 is 0. The van der Waals surface area contributed by atoms with Crippen LogP contribution in [-0.2, 0) is 0 Å². The molecule has 5 nitrogen and oxygen atoms in total. The molecule has 0 spiro atoms. The number of nitrogens with one attached hydrogen (secondary N) is 2. The topological polar surface area (TPSA) is 53.1 Å². The molecule has 1 aliphatic heterocycles. The van der Waals surface area contributed by atoms with Crippen molar-refractivity contribution in [3.05, 3.63) is 11.5 Å². The van der Waals surface area contributed by atoms with Crippen LogP contribution in [0.4, 0.5) is 11.5 Å². The summed E-state index contributed by atoms with van der Waals surface area (Å²) in [5.74, 6) is 1.49.